The summed E-state index contributed by atoms with van der Waals surface area (Å²) < 4.78 is 1.14. The van der Waals surface area contributed by atoms with Gasteiger partial charge in [0.1, 0.15) is 5.01 Å². The topological polar surface area (TPSA) is 42.9 Å². The Balaban J connectivity index is 1.93. The van der Waals surface area contributed by atoms with Crippen LogP contribution in [-0.4, -0.2) is 15.8 Å². The van der Waals surface area contributed by atoms with Crippen molar-refractivity contribution in [1.29, 1.82) is 0 Å². The third kappa shape index (κ3) is 2.05. The molecule has 4 aromatic rings. The fraction of sp³-hybridized carbons (Fsp3) is 0.0625. The molecule has 0 spiro atoms. The minimum atomic E-state index is 0.0991. The van der Waals surface area contributed by atoms with Crippen LogP contribution in [0.5, 0.6) is 0 Å². The Kier molecular flexibility index (Phi) is 2.83. The van der Waals surface area contributed by atoms with E-state index in [-0.39, 0.29) is 5.78 Å². The standard InChI is InChI=1S/C16H10N2OS2/c1-9(19)12-6-7-14(20-12)16-18-15-10-3-2-8-17-11(10)4-5-13(15)21-16/h2-8H,1H3. The molecule has 0 aliphatic heterocycles. The molecule has 0 saturated heterocycles. The van der Waals surface area contributed by atoms with Gasteiger partial charge in [0.15, 0.2) is 5.78 Å². The highest BCUT2D eigenvalue weighted by Gasteiger charge is 2.12. The lowest BCUT2D eigenvalue weighted by atomic mass is 10.2. The maximum Gasteiger partial charge on any atom is 0.169 e. The van der Waals surface area contributed by atoms with E-state index in [9.17, 15) is 4.79 Å². The van der Waals surface area contributed by atoms with Crippen molar-refractivity contribution in [3.8, 4) is 9.88 Å². The minimum absolute atomic E-state index is 0.0991. The highest BCUT2D eigenvalue weighted by Crippen LogP contribution is 2.36. The Bertz CT molecular complexity index is 984. The molecule has 0 amide bonds. The molecule has 3 nitrogen and oxygen atoms in total. The lowest BCUT2D eigenvalue weighted by Gasteiger charge is -1.95. The van der Waals surface area contributed by atoms with Crippen molar-refractivity contribution in [3.63, 3.8) is 0 Å². The van der Waals surface area contributed by atoms with E-state index in [1.807, 2.05) is 30.3 Å². The number of pyridine rings is 1. The molecule has 102 valence electrons. The maximum absolute atomic E-state index is 11.4. The first-order valence-corrected chi connectivity index (χ1v) is 8.11. The first-order chi connectivity index (χ1) is 10.2. The lowest BCUT2D eigenvalue weighted by molar-refractivity contribution is 0.102. The van der Waals surface area contributed by atoms with Crippen LogP contribution in [0.25, 0.3) is 31.0 Å². The van der Waals surface area contributed by atoms with Crippen molar-refractivity contribution in [2.45, 2.75) is 6.92 Å². The van der Waals surface area contributed by atoms with Crippen LogP contribution in [-0.2, 0) is 0 Å². The highest BCUT2D eigenvalue weighted by molar-refractivity contribution is 7.26. The fourth-order valence-electron chi connectivity index (χ4n) is 2.29. The molecule has 21 heavy (non-hydrogen) atoms. The predicted molar refractivity (Wildman–Crippen MR) is 88.2 cm³/mol. The van der Waals surface area contributed by atoms with Gasteiger partial charge in [-0.1, -0.05) is 0 Å². The Morgan fingerprint density at radius 3 is 2.81 bits per heavy atom. The number of fused-ring (bicyclic) bond motifs is 3. The van der Waals surface area contributed by atoms with Gasteiger partial charge in [-0.05, 0) is 43.3 Å². The summed E-state index contributed by atoms with van der Waals surface area (Å²) in [5, 5.41) is 2.03. The second-order valence-electron chi connectivity index (χ2n) is 4.72. The fourth-order valence-corrected chi connectivity index (χ4v) is 4.23. The van der Waals surface area contributed by atoms with Crippen molar-refractivity contribution >= 4 is 49.6 Å². The normalized spacial score (nSPS) is 11.3. The molecule has 0 saturated carbocycles. The van der Waals surface area contributed by atoms with E-state index in [4.69, 9.17) is 4.98 Å². The monoisotopic (exact) mass is 310 g/mol. The average molecular weight is 310 g/mol. The Morgan fingerprint density at radius 2 is 2.00 bits per heavy atom. The minimum Gasteiger partial charge on any atom is -0.294 e. The third-order valence-electron chi connectivity index (χ3n) is 3.30. The quantitative estimate of drug-likeness (QED) is 0.501. The summed E-state index contributed by atoms with van der Waals surface area (Å²) in [5.41, 5.74) is 1.94. The Morgan fingerprint density at radius 1 is 1.10 bits per heavy atom. The summed E-state index contributed by atoms with van der Waals surface area (Å²) in [4.78, 5) is 22.4. The van der Waals surface area contributed by atoms with E-state index in [0.717, 1.165) is 35.9 Å². The number of benzene rings is 1. The number of Topliss-reactive ketones (excluding diaryl/α,β-unsaturated/α-hetero) is 1. The van der Waals surface area contributed by atoms with Crippen LogP contribution in [0.4, 0.5) is 0 Å². The van der Waals surface area contributed by atoms with Gasteiger partial charge in [0.05, 0.1) is 25.5 Å². The van der Waals surface area contributed by atoms with Crippen LogP contribution < -0.4 is 0 Å². The van der Waals surface area contributed by atoms with Crippen LogP contribution >= 0.6 is 22.7 Å². The summed E-state index contributed by atoms with van der Waals surface area (Å²) in [6, 6.07) is 11.9. The molecule has 3 heterocycles. The van der Waals surface area contributed by atoms with Gasteiger partial charge in [-0.25, -0.2) is 4.98 Å². The number of thiophene rings is 1. The molecule has 0 atom stereocenters. The number of thiazole rings is 1. The number of hydrogen-bond donors (Lipinski definition) is 0. The number of nitrogens with zero attached hydrogens (tertiary/aromatic N) is 2. The highest BCUT2D eigenvalue weighted by atomic mass is 32.1. The van der Waals surface area contributed by atoms with Crippen LogP contribution in [0.15, 0.2) is 42.6 Å². The smallest absolute Gasteiger partial charge is 0.169 e. The van der Waals surface area contributed by atoms with Gasteiger partial charge in [0.25, 0.3) is 0 Å². The van der Waals surface area contributed by atoms with Crippen LogP contribution in [0.1, 0.15) is 16.6 Å². The van der Waals surface area contributed by atoms with Crippen LogP contribution in [0.2, 0.25) is 0 Å². The third-order valence-corrected chi connectivity index (χ3v) is 5.68. The van der Waals surface area contributed by atoms with E-state index in [1.165, 1.54) is 11.3 Å². The molecular weight excluding hydrogens is 300 g/mol. The molecule has 0 bridgehead atoms. The number of carbonyl (C=O) groups is 1. The summed E-state index contributed by atoms with van der Waals surface area (Å²) in [6.07, 6.45) is 1.79. The van der Waals surface area contributed by atoms with Crippen molar-refractivity contribution in [3.05, 3.63) is 47.5 Å². The van der Waals surface area contributed by atoms with E-state index in [0.29, 0.717) is 0 Å². The second-order valence-corrected chi connectivity index (χ2v) is 6.84. The van der Waals surface area contributed by atoms with Crippen molar-refractivity contribution < 1.29 is 4.79 Å². The van der Waals surface area contributed by atoms with Gasteiger partial charge in [-0.3, -0.25) is 9.78 Å². The largest absolute Gasteiger partial charge is 0.294 e. The Labute approximate surface area is 128 Å². The molecule has 0 fully saturated rings. The maximum atomic E-state index is 11.4. The molecule has 0 N–H and O–H groups in total. The molecule has 0 unspecified atom stereocenters. The van der Waals surface area contributed by atoms with Crippen molar-refractivity contribution in [2.75, 3.05) is 0 Å². The first-order valence-electron chi connectivity index (χ1n) is 6.48. The lowest BCUT2D eigenvalue weighted by Crippen LogP contribution is -1.83. The van der Waals surface area contributed by atoms with Crippen molar-refractivity contribution in [2.24, 2.45) is 0 Å². The van der Waals surface area contributed by atoms with Gasteiger partial charge >= 0.3 is 0 Å². The number of ketones is 1. The number of hydrogen-bond acceptors (Lipinski definition) is 5. The Hall–Kier alpha value is -2.11. The van der Waals surface area contributed by atoms with Crippen LogP contribution in [0.3, 0.4) is 0 Å². The van der Waals surface area contributed by atoms with Gasteiger partial charge in [-0.2, -0.15) is 0 Å². The van der Waals surface area contributed by atoms with Crippen molar-refractivity contribution in [1.82, 2.24) is 9.97 Å². The van der Waals surface area contributed by atoms with Crippen LogP contribution in [0, 0.1) is 0 Å². The summed E-state index contributed by atoms with van der Waals surface area (Å²) in [6.45, 7) is 1.59. The molecule has 0 aliphatic carbocycles. The summed E-state index contributed by atoms with van der Waals surface area (Å²) in [7, 11) is 0. The molecular formula is C16H10N2OS2. The number of carbonyl (C=O) groups excluding carboxylic acids is 1. The molecule has 0 radical (unpaired) electrons. The van der Waals surface area contributed by atoms with Gasteiger partial charge in [0.2, 0.25) is 0 Å². The van der Waals surface area contributed by atoms with Gasteiger partial charge in [-0.15, -0.1) is 22.7 Å². The van der Waals surface area contributed by atoms with E-state index >= 15 is 0 Å². The molecule has 4 rings (SSSR count). The molecule has 0 aliphatic rings. The van der Waals surface area contributed by atoms with Gasteiger partial charge in [0, 0.05) is 11.6 Å². The average Bonchev–Trinajstić information content (AvgIpc) is 3.13. The second kappa shape index (κ2) is 4.72. The predicted octanol–water partition coefficient (Wildman–Crippen LogP) is 4.78. The zero-order valence-electron chi connectivity index (χ0n) is 11.2. The zero-order valence-corrected chi connectivity index (χ0v) is 12.8. The number of rotatable bonds is 2. The molecule has 3 aromatic heterocycles. The van der Waals surface area contributed by atoms with Gasteiger partial charge < -0.3 is 0 Å². The SMILES string of the molecule is CC(=O)c1ccc(-c2nc3c(ccc4ncccc43)s2)s1. The first kappa shape index (κ1) is 12.6. The summed E-state index contributed by atoms with van der Waals surface area (Å²) >= 11 is 3.15. The van der Waals surface area contributed by atoms with E-state index < -0.39 is 0 Å². The molecule has 5 heteroatoms. The summed E-state index contributed by atoms with van der Waals surface area (Å²) in [5.74, 6) is 0.0991. The van der Waals surface area contributed by atoms with E-state index in [2.05, 4.69) is 11.1 Å². The molecule has 1 aromatic carbocycles. The zero-order chi connectivity index (χ0) is 14.4. The van der Waals surface area contributed by atoms with E-state index in [1.54, 1.807) is 24.5 Å². The number of aromatic nitrogens is 2.